The van der Waals surface area contributed by atoms with Crippen LogP contribution in [0.3, 0.4) is 0 Å². The second-order valence-corrected chi connectivity index (χ2v) is 6.62. The first-order chi connectivity index (χ1) is 15.6. The quantitative estimate of drug-likeness (QED) is 0.468. The standard InChI is InChI=1S/C23H23N5O4/c29-21(19-10-4-6-12-24-19)26-14-16-28(32-23(31)18-8-2-1-3-9-18)17-15-27-22(30)20-11-5-7-13-25-20/h1-13H,14-17H2,(H,26,29)(H,27,30). The largest absolute Gasteiger partial charge is 0.364 e. The molecule has 9 nitrogen and oxygen atoms in total. The predicted molar refractivity (Wildman–Crippen MR) is 117 cm³/mol. The number of hydrogen-bond donors (Lipinski definition) is 2. The Hall–Kier alpha value is -4.11. The molecule has 32 heavy (non-hydrogen) atoms. The molecule has 0 aliphatic carbocycles. The molecule has 1 aromatic carbocycles. The van der Waals surface area contributed by atoms with E-state index in [1.165, 1.54) is 17.5 Å². The fourth-order valence-electron chi connectivity index (χ4n) is 2.71. The Morgan fingerprint density at radius 1 is 0.719 bits per heavy atom. The summed E-state index contributed by atoms with van der Waals surface area (Å²) in [4.78, 5) is 50.2. The van der Waals surface area contributed by atoms with E-state index in [4.69, 9.17) is 4.84 Å². The van der Waals surface area contributed by atoms with Crippen molar-refractivity contribution in [1.29, 1.82) is 0 Å². The van der Waals surface area contributed by atoms with E-state index in [1.54, 1.807) is 66.7 Å². The van der Waals surface area contributed by atoms with Crippen LogP contribution in [0.2, 0.25) is 0 Å². The molecular weight excluding hydrogens is 410 g/mol. The fraction of sp³-hybridized carbons (Fsp3) is 0.174. The molecule has 0 saturated carbocycles. The summed E-state index contributed by atoms with van der Waals surface area (Å²) in [6, 6.07) is 18.7. The van der Waals surface area contributed by atoms with E-state index < -0.39 is 5.97 Å². The molecule has 164 valence electrons. The maximum absolute atomic E-state index is 12.4. The van der Waals surface area contributed by atoms with Gasteiger partial charge in [-0.3, -0.25) is 19.6 Å². The average molecular weight is 433 g/mol. The number of nitrogens with one attached hydrogen (secondary N) is 2. The van der Waals surface area contributed by atoms with E-state index in [0.29, 0.717) is 17.0 Å². The summed E-state index contributed by atoms with van der Waals surface area (Å²) in [5.74, 6) is -1.19. The fourth-order valence-corrected chi connectivity index (χ4v) is 2.71. The van der Waals surface area contributed by atoms with Crippen LogP contribution in [-0.4, -0.2) is 59.0 Å². The lowest BCUT2D eigenvalue weighted by atomic mass is 10.2. The number of amides is 2. The molecule has 0 aliphatic rings. The molecule has 9 heteroatoms. The van der Waals surface area contributed by atoms with Gasteiger partial charge in [0.1, 0.15) is 11.4 Å². The van der Waals surface area contributed by atoms with Gasteiger partial charge in [-0.1, -0.05) is 30.3 Å². The van der Waals surface area contributed by atoms with Crippen molar-refractivity contribution in [2.24, 2.45) is 0 Å². The van der Waals surface area contributed by atoms with E-state index >= 15 is 0 Å². The van der Waals surface area contributed by atoms with Gasteiger partial charge in [-0.15, -0.1) is 5.06 Å². The number of aromatic nitrogens is 2. The first-order valence-corrected chi connectivity index (χ1v) is 10.0. The van der Waals surface area contributed by atoms with Crippen molar-refractivity contribution < 1.29 is 19.2 Å². The van der Waals surface area contributed by atoms with Gasteiger partial charge in [-0.25, -0.2) is 4.79 Å². The normalized spacial score (nSPS) is 10.4. The third-order valence-electron chi connectivity index (χ3n) is 4.31. The van der Waals surface area contributed by atoms with Crippen LogP contribution in [0, 0.1) is 0 Å². The van der Waals surface area contributed by atoms with Crippen molar-refractivity contribution >= 4 is 17.8 Å². The highest BCUT2D eigenvalue weighted by atomic mass is 16.7. The lowest BCUT2D eigenvalue weighted by molar-refractivity contribution is -0.107. The summed E-state index contributed by atoms with van der Waals surface area (Å²) in [5, 5.41) is 6.87. The Labute approximate surface area is 185 Å². The van der Waals surface area contributed by atoms with Gasteiger partial charge in [0.05, 0.1) is 18.7 Å². The van der Waals surface area contributed by atoms with Crippen molar-refractivity contribution in [3.05, 3.63) is 96.1 Å². The van der Waals surface area contributed by atoms with Crippen LogP contribution in [0.5, 0.6) is 0 Å². The molecule has 0 unspecified atom stereocenters. The van der Waals surface area contributed by atoms with Gasteiger partial charge in [0.25, 0.3) is 11.8 Å². The number of hydroxylamine groups is 2. The molecule has 2 N–H and O–H groups in total. The smallest absolute Gasteiger partial charge is 0.357 e. The van der Waals surface area contributed by atoms with Crippen LogP contribution in [0.1, 0.15) is 31.3 Å². The van der Waals surface area contributed by atoms with Crippen molar-refractivity contribution in [1.82, 2.24) is 25.7 Å². The van der Waals surface area contributed by atoms with Crippen LogP contribution in [0.4, 0.5) is 0 Å². The lowest BCUT2D eigenvalue weighted by Gasteiger charge is -2.21. The highest BCUT2D eigenvalue weighted by Gasteiger charge is 2.15. The predicted octanol–water partition coefficient (Wildman–Crippen LogP) is 1.71. The molecule has 3 rings (SSSR count). The summed E-state index contributed by atoms with van der Waals surface area (Å²) in [6.45, 7) is 0.866. The van der Waals surface area contributed by atoms with Crippen molar-refractivity contribution in [2.45, 2.75) is 0 Å². The molecule has 2 heterocycles. The summed E-state index contributed by atoms with van der Waals surface area (Å²) in [6.07, 6.45) is 3.07. The second kappa shape index (κ2) is 11.9. The van der Waals surface area contributed by atoms with Gasteiger partial charge < -0.3 is 15.5 Å². The van der Waals surface area contributed by atoms with E-state index in [-0.39, 0.29) is 38.0 Å². The first-order valence-electron chi connectivity index (χ1n) is 10.0. The van der Waals surface area contributed by atoms with E-state index in [0.717, 1.165) is 0 Å². The van der Waals surface area contributed by atoms with Crippen molar-refractivity contribution in [2.75, 3.05) is 26.2 Å². The molecule has 0 spiro atoms. The molecular formula is C23H23N5O4. The Morgan fingerprint density at radius 3 is 1.69 bits per heavy atom. The monoisotopic (exact) mass is 433 g/mol. The minimum Gasteiger partial charge on any atom is -0.364 e. The zero-order chi connectivity index (χ0) is 22.6. The van der Waals surface area contributed by atoms with Crippen LogP contribution < -0.4 is 10.6 Å². The zero-order valence-electron chi connectivity index (χ0n) is 17.3. The molecule has 3 aromatic rings. The highest BCUT2D eigenvalue weighted by molar-refractivity contribution is 5.92. The number of carbonyl (C=O) groups is 3. The van der Waals surface area contributed by atoms with Crippen LogP contribution in [0.15, 0.2) is 79.1 Å². The maximum atomic E-state index is 12.4. The second-order valence-electron chi connectivity index (χ2n) is 6.62. The first kappa shape index (κ1) is 22.6. The zero-order valence-corrected chi connectivity index (χ0v) is 17.3. The number of nitrogens with zero attached hydrogens (tertiary/aromatic N) is 3. The Morgan fingerprint density at radius 2 is 1.22 bits per heavy atom. The van der Waals surface area contributed by atoms with Crippen LogP contribution in [-0.2, 0) is 4.84 Å². The van der Waals surface area contributed by atoms with Crippen molar-refractivity contribution in [3.8, 4) is 0 Å². The molecule has 0 radical (unpaired) electrons. The third kappa shape index (κ3) is 6.99. The van der Waals surface area contributed by atoms with Gasteiger partial charge in [0, 0.05) is 25.5 Å². The van der Waals surface area contributed by atoms with Gasteiger partial charge in [0.2, 0.25) is 0 Å². The van der Waals surface area contributed by atoms with Gasteiger partial charge in [-0.2, -0.15) is 0 Å². The van der Waals surface area contributed by atoms with Gasteiger partial charge >= 0.3 is 5.97 Å². The molecule has 2 amide bonds. The number of hydrogen-bond acceptors (Lipinski definition) is 7. The van der Waals surface area contributed by atoms with Gasteiger partial charge in [-0.05, 0) is 36.4 Å². The number of pyridine rings is 2. The Kier molecular flexibility index (Phi) is 8.41. The molecule has 0 aliphatic heterocycles. The number of benzene rings is 1. The van der Waals surface area contributed by atoms with E-state index in [1.807, 2.05) is 0 Å². The Bertz CT molecular complexity index is 959. The lowest BCUT2D eigenvalue weighted by Crippen LogP contribution is -2.41. The van der Waals surface area contributed by atoms with Crippen LogP contribution in [0.25, 0.3) is 0 Å². The molecule has 0 bridgehead atoms. The molecule has 0 saturated heterocycles. The summed E-state index contributed by atoms with van der Waals surface area (Å²) in [5.41, 5.74) is 0.985. The Balaban J connectivity index is 1.54. The maximum Gasteiger partial charge on any atom is 0.357 e. The number of carbonyl (C=O) groups excluding carboxylic acids is 3. The SMILES string of the molecule is O=C(ON(CCNC(=O)c1ccccn1)CCNC(=O)c1ccccn1)c1ccccc1. The van der Waals surface area contributed by atoms with E-state index in [9.17, 15) is 14.4 Å². The minimum atomic E-state index is -0.530. The molecule has 2 aromatic heterocycles. The summed E-state index contributed by atoms with van der Waals surface area (Å²) < 4.78 is 0. The highest BCUT2D eigenvalue weighted by Crippen LogP contribution is 2.03. The average Bonchev–Trinajstić information content (AvgIpc) is 2.85. The number of rotatable bonds is 10. The molecule has 0 atom stereocenters. The topological polar surface area (TPSA) is 114 Å². The summed E-state index contributed by atoms with van der Waals surface area (Å²) >= 11 is 0. The van der Waals surface area contributed by atoms with Crippen LogP contribution >= 0.6 is 0 Å². The van der Waals surface area contributed by atoms with Crippen molar-refractivity contribution in [3.63, 3.8) is 0 Å². The molecule has 0 fully saturated rings. The third-order valence-corrected chi connectivity index (χ3v) is 4.31. The summed E-state index contributed by atoms with van der Waals surface area (Å²) in [7, 11) is 0. The van der Waals surface area contributed by atoms with E-state index in [2.05, 4.69) is 20.6 Å². The minimum absolute atomic E-state index is 0.214. The van der Waals surface area contributed by atoms with Gasteiger partial charge in [0.15, 0.2) is 0 Å².